The van der Waals surface area contributed by atoms with Gasteiger partial charge in [-0.15, -0.1) is 0 Å². The van der Waals surface area contributed by atoms with Crippen molar-refractivity contribution in [3.05, 3.63) is 11.3 Å². The van der Waals surface area contributed by atoms with E-state index in [-0.39, 0.29) is 11.6 Å². The number of piperazine rings is 1. The summed E-state index contributed by atoms with van der Waals surface area (Å²) in [5.74, 6) is 0.115. The first-order chi connectivity index (χ1) is 8.74. The average Bonchev–Trinajstić information content (AvgIpc) is 2.39. The molecule has 0 saturated carbocycles. The predicted octanol–water partition coefficient (Wildman–Crippen LogP) is 1.27. The van der Waals surface area contributed by atoms with Crippen LogP contribution >= 0.6 is 0 Å². The fourth-order valence-electron chi connectivity index (χ4n) is 2.75. The van der Waals surface area contributed by atoms with Gasteiger partial charge in [-0.2, -0.15) is 0 Å². The summed E-state index contributed by atoms with van der Waals surface area (Å²) in [4.78, 5) is 26.4. The van der Waals surface area contributed by atoms with Crippen LogP contribution < -0.4 is 5.32 Å². The zero-order valence-electron chi connectivity index (χ0n) is 11.1. The Morgan fingerprint density at radius 2 is 2.00 bits per heavy atom. The third kappa shape index (κ3) is 2.80. The summed E-state index contributed by atoms with van der Waals surface area (Å²) in [5.41, 5.74) is 1.54. The van der Waals surface area contributed by atoms with Gasteiger partial charge in [-0.25, -0.2) is 0 Å². The summed E-state index contributed by atoms with van der Waals surface area (Å²) in [6.45, 7) is 5.67. The van der Waals surface area contributed by atoms with Gasteiger partial charge in [-0.05, 0) is 19.3 Å². The van der Waals surface area contributed by atoms with E-state index in [2.05, 4.69) is 10.2 Å². The first-order valence-corrected chi connectivity index (χ1v) is 6.99. The minimum atomic E-state index is 0.0516. The molecule has 1 heterocycles. The molecule has 4 nitrogen and oxygen atoms in total. The summed E-state index contributed by atoms with van der Waals surface area (Å²) in [7, 11) is 0. The van der Waals surface area contributed by atoms with Crippen LogP contribution in [0, 0.1) is 0 Å². The number of hydrogen-bond acceptors (Lipinski definition) is 4. The lowest BCUT2D eigenvalue weighted by Gasteiger charge is -2.34. The zero-order chi connectivity index (χ0) is 13.0. The first-order valence-electron chi connectivity index (χ1n) is 6.99. The van der Waals surface area contributed by atoms with Crippen molar-refractivity contribution in [3.63, 3.8) is 0 Å². The van der Waals surface area contributed by atoms with Crippen LogP contribution in [0.25, 0.3) is 0 Å². The second-order valence-corrected chi connectivity index (χ2v) is 5.01. The molecule has 0 aromatic carbocycles. The highest BCUT2D eigenvalue weighted by Crippen LogP contribution is 2.27. The molecule has 0 aromatic heterocycles. The Morgan fingerprint density at radius 1 is 1.28 bits per heavy atom. The van der Waals surface area contributed by atoms with E-state index in [1.165, 1.54) is 0 Å². The molecule has 0 spiro atoms. The number of allylic oxidation sites excluding steroid dienone is 2. The fourth-order valence-corrected chi connectivity index (χ4v) is 2.75. The molecular formula is C14H22N2O2. The maximum absolute atomic E-state index is 12.1. The molecule has 0 aromatic rings. The second-order valence-electron chi connectivity index (χ2n) is 5.01. The minimum absolute atomic E-state index is 0.0516. The highest BCUT2D eigenvalue weighted by atomic mass is 16.1. The van der Waals surface area contributed by atoms with Gasteiger partial charge in [0.2, 0.25) is 0 Å². The van der Waals surface area contributed by atoms with Crippen molar-refractivity contribution in [2.75, 3.05) is 26.2 Å². The molecule has 1 aliphatic heterocycles. The van der Waals surface area contributed by atoms with E-state index in [0.29, 0.717) is 18.4 Å². The van der Waals surface area contributed by atoms with Crippen molar-refractivity contribution in [1.82, 2.24) is 10.2 Å². The van der Waals surface area contributed by atoms with Crippen LogP contribution in [-0.4, -0.2) is 42.6 Å². The Labute approximate surface area is 108 Å². The second kappa shape index (κ2) is 6.14. The molecule has 1 saturated heterocycles. The van der Waals surface area contributed by atoms with Crippen molar-refractivity contribution < 1.29 is 9.59 Å². The molecule has 4 heteroatoms. The smallest absolute Gasteiger partial charge is 0.168 e. The van der Waals surface area contributed by atoms with E-state index < -0.39 is 0 Å². The maximum Gasteiger partial charge on any atom is 0.168 e. The van der Waals surface area contributed by atoms with Gasteiger partial charge in [0.15, 0.2) is 11.6 Å². The summed E-state index contributed by atoms with van der Waals surface area (Å²) in [6, 6.07) is 0. The van der Waals surface area contributed by atoms with Gasteiger partial charge in [0.05, 0.1) is 5.57 Å². The van der Waals surface area contributed by atoms with Crippen molar-refractivity contribution in [2.24, 2.45) is 0 Å². The van der Waals surface area contributed by atoms with E-state index in [1.807, 2.05) is 6.92 Å². The Bertz CT molecular complexity index is 368. The normalized spacial score (nSPS) is 21.4. The molecule has 1 fully saturated rings. The predicted molar refractivity (Wildman–Crippen MR) is 70.2 cm³/mol. The Hall–Kier alpha value is -1.16. The molecular weight excluding hydrogens is 228 g/mol. The van der Waals surface area contributed by atoms with Crippen LogP contribution in [-0.2, 0) is 9.59 Å². The summed E-state index contributed by atoms with van der Waals surface area (Å²) >= 11 is 0. The number of nitrogens with zero attached hydrogens (tertiary/aromatic N) is 1. The van der Waals surface area contributed by atoms with Gasteiger partial charge in [0, 0.05) is 44.7 Å². The molecule has 0 unspecified atom stereocenters. The number of nitrogens with one attached hydrogen (secondary N) is 1. The van der Waals surface area contributed by atoms with E-state index in [9.17, 15) is 9.59 Å². The molecule has 0 atom stereocenters. The molecule has 1 N–H and O–H groups in total. The van der Waals surface area contributed by atoms with Crippen molar-refractivity contribution in [1.29, 1.82) is 0 Å². The van der Waals surface area contributed by atoms with E-state index in [1.54, 1.807) is 0 Å². The summed E-state index contributed by atoms with van der Waals surface area (Å²) < 4.78 is 0. The Kier molecular flexibility index (Phi) is 4.53. The first kappa shape index (κ1) is 13.3. The Balaban J connectivity index is 2.26. The number of rotatable bonds is 4. The SMILES string of the molecule is CCCC(=O)C1=C(N2CCNCC2)CCCC1=O. The van der Waals surface area contributed by atoms with Crippen LogP contribution in [0.5, 0.6) is 0 Å². The summed E-state index contributed by atoms with van der Waals surface area (Å²) in [5, 5.41) is 3.30. The van der Waals surface area contributed by atoms with Crippen LogP contribution in [0.3, 0.4) is 0 Å². The van der Waals surface area contributed by atoms with Crippen LogP contribution in [0.1, 0.15) is 39.0 Å². The quantitative estimate of drug-likeness (QED) is 0.763. The molecule has 18 heavy (non-hydrogen) atoms. The lowest BCUT2D eigenvalue weighted by atomic mass is 9.89. The van der Waals surface area contributed by atoms with Crippen LogP contribution in [0.15, 0.2) is 11.3 Å². The topological polar surface area (TPSA) is 49.4 Å². The number of carbonyl (C=O) groups excluding carboxylic acids is 2. The van der Waals surface area contributed by atoms with Gasteiger partial charge in [-0.1, -0.05) is 6.92 Å². The minimum Gasteiger partial charge on any atom is -0.372 e. The van der Waals surface area contributed by atoms with Gasteiger partial charge < -0.3 is 10.2 Å². The average molecular weight is 250 g/mol. The standard InChI is InChI=1S/C14H22N2O2/c1-2-4-12(17)14-11(5-3-6-13(14)18)16-9-7-15-8-10-16/h15H,2-10H2,1H3. The number of hydrogen-bond donors (Lipinski definition) is 1. The highest BCUT2D eigenvalue weighted by molar-refractivity contribution is 6.21. The molecule has 0 bridgehead atoms. The third-order valence-corrected chi connectivity index (χ3v) is 3.64. The lowest BCUT2D eigenvalue weighted by molar-refractivity contribution is -0.122. The van der Waals surface area contributed by atoms with Gasteiger partial charge in [-0.3, -0.25) is 9.59 Å². The molecule has 2 aliphatic rings. The molecule has 100 valence electrons. The fraction of sp³-hybridized carbons (Fsp3) is 0.714. The van der Waals surface area contributed by atoms with Crippen molar-refractivity contribution in [2.45, 2.75) is 39.0 Å². The molecule has 2 rings (SSSR count). The van der Waals surface area contributed by atoms with Crippen LogP contribution in [0.4, 0.5) is 0 Å². The number of Topliss-reactive ketones (excluding diaryl/α,β-unsaturated/α-hetero) is 2. The maximum atomic E-state index is 12.1. The van der Waals surface area contributed by atoms with E-state index in [4.69, 9.17) is 0 Å². The summed E-state index contributed by atoms with van der Waals surface area (Å²) in [6.07, 6.45) is 3.62. The van der Waals surface area contributed by atoms with Gasteiger partial charge in [0.25, 0.3) is 0 Å². The zero-order valence-corrected chi connectivity index (χ0v) is 11.1. The number of ketones is 2. The largest absolute Gasteiger partial charge is 0.372 e. The van der Waals surface area contributed by atoms with E-state index >= 15 is 0 Å². The van der Waals surface area contributed by atoms with Crippen LogP contribution in [0.2, 0.25) is 0 Å². The van der Waals surface area contributed by atoms with Crippen molar-refractivity contribution in [3.8, 4) is 0 Å². The van der Waals surface area contributed by atoms with Crippen molar-refractivity contribution >= 4 is 11.6 Å². The number of carbonyl (C=O) groups is 2. The monoisotopic (exact) mass is 250 g/mol. The lowest BCUT2D eigenvalue weighted by Crippen LogP contribution is -2.44. The van der Waals surface area contributed by atoms with Gasteiger partial charge in [0.1, 0.15) is 0 Å². The molecule has 1 aliphatic carbocycles. The van der Waals surface area contributed by atoms with Gasteiger partial charge >= 0.3 is 0 Å². The van der Waals surface area contributed by atoms with E-state index in [0.717, 1.165) is 51.1 Å². The third-order valence-electron chi connectivity index (χ3n) is 3.64. The molecule has 0 amide bonds. The molecule has 0 radical (unpaired) electrons. The Morgan fingerprint density at radius 3 is 2.67 bits per heavy atom. The highest BCUT2D eigenvalue weighted by Gasteiger charge is 2.29.